The number of urea groups is 1. The summed E-state index contributed by atoms with van der Waals surface area (Å²) >= 11 is 0. The molecular weight excluding hydrogens is 388 g/mol. The van der Waals surface area contributed by atoms with Gasteiger partial charge in [0.1, 0.15) is 18.8 Å². The largest absolute Gasteiger partial charge is 0.463 e. The van der Waals surface area contributed by atoms with Gasteiger partial charge in [0.2, 0.25) is 0 Å². The van der Waals surface area contributed by atoms with E-state index in [1.165, 1.54) is 32.8 Å². The number of hydrogen-bond donors (Lipinski definition) is 1. The van der Waals surface area contributed by atoms with E-state index in [4.69, 9.17) is 23.7 Å². The molecule has 1 heterocycles. The Morgan fingerprint density at radius 3 is 1.93 bits per heavy atom. The lowest BCUT2D eigenvalue weighted by Crippen LogP contribution is -2.67. The maximum absolute atomic E-state index is 12.6. The predicted molar refractivity (Wildman–Crippen MR) is 98.7 cm³/mol. The second-order valence-electron chi connectivity index (χ2n) is 6.38. The van der Waals surface area contributed by atoms with Crippen LogP contribution in [0, 0.1) is 0 Å². The van der Waals surface area contributed by atoms with Crippen molar-refractivity contribution in [2.24, 2.45) is 0 Å². The highest BCUT2D eigenvalue weighted by Gasteiger charge is 2.51. The van der Waals surface area contributed by atoms with Crippen LogP contribution in [0.2, 0.25) is 0 Å². The molecule has 11 nitrogen and oxygen atoms in total. The van der Waals surface area contributed by atoms with Crippen LogP contribution in [0.3, 0.4) is 0 Å². The Hall–Kier alpha value is -2.40. The molecule has 0 radical (unpaired) electrons. The average molecular weight is 418 g/mol. The first-order valence-electron chi connectivity index (χ1n) is 9.35. The molecule has 166 valence electrons. The van der Waals surface area contributed by atoms with Crippen LogP contribution in [0.5, 0.6) is 0 Å². The summed E-state index contributed by atoms with van der Waals surface area (Å²) in [6, 6.07) is -1.40. The fraction of sp³-hybridized carbons (Fsp3) is 0.778. The molecule has 1 fully saturated rings. The lowest BCUT2D eigenvalue weighted by Gasteiger charge is -2.45. The van der Waals surface area contributed by atoms with Crippen LogP contribution < -0.4 is 5.32 Å². The number of carbonyl (C=O) groups excluding carboxylic acids is 4. The van der Waals surface area contributed by atoms with Gasteiger partial charge in [-0.3, -0.25) is 14.4 Å². The fourth-order valence-corrected chi connectivity index (χ4v) is 3.00. The third kappa shape index (κ3) is 7.17. The first-order valence-corrected chi connectivity index (χ1v) is 9.35. The van der Waals surface area contributed by atoms with Crippen molar-refractivity contribution in [3.05, 3.63) is 0 Å². The number of nitrogens with zero attached hydrogens (tertiary/aromatic N) is 1. The molecule has 0 spiro atoms. The summed E-state index contributed by atoms with van der Waals surface area (Å²) in [6.07, 6.45) is -4.29. The Morgan fingerprint density at radius 2 is 1.48 bits per heavy atom. The third-order valence-corrected chi connectivity index (χ3v) is 4.27. The normalized spacial score (nSPS) is 26.2. The average Bonchev–Trinajstić information content (AvgIpc) is 2.63. The van der Waals surface area contributed by atoms with Crippen molar-refractivity contribution in [1.82, 2.24) is 10.2 Å². The summed E-state index contributed by atoms with van der Waals surface area (Å²) in [5.41, 5.74) is 0. The third-order valence-electron chi connectivity index (χ3n) is 4.27. The molecule has 0 unspecified atom stereocenters. The molecule has 0 aromatic carbocycles. The Labute approximate surface area is 169 Å². The van der Waals surface area contributed by atoms with Gasteiger partial charge in [0.25, 0.3) is 0 Å². The highest BCUT2D eigenvalue weighted by atomic mass is 16.7. The first-order chi connectivity index (χ1) is 13.6. The van der Waals surface area contributed by atoms with Crippen LogP contribution >= 0.6 is 0 Å². The summed E-state index contributed by atoms with van der Waals surface area (Å²) in [7, 11) is 1.35. The SMILES string of the molecule is CCN(CC)C(=O)N[C@H]1[C@H](OC)O[C@H](COC(C)=O)[C@@H](OC(C)=O)[C@@H]1OC(C)=O. The molecule has 5 atom stereocenters. The van der Waals surface area contributed by atoms with Crippen LogP contribution in [0.25, 0.3) is 0 Å². The molecule has 11 heteroatoms. The van der Waals surface area contributed by atoms with Crippen molar-refractivity contribution < 1.29 is 42.9 Å². The van der Waals surface area contributed by atoms with Crippen molar-refractivity contribution in [3.8, 4) is 0 Å². The minimum Gasteiger partial charge on any atom is -0.463 e. The molecule has 1 aliphatic heterocycles. The maximum Gasteiger partial charge on any atom is 0.317 e. The number of hydrogen-bond acceptors (Lipinski definition) is 9. The van der Waals surface area contributed by atoms with E-state index in [9.17, 15) is 19.2 Å². The molecular formula is C18H30N2O9. The van der Waals surface area contributed by atoms with E-state index < -0.39 is 54.6 Å². The van der Waals surface area contributed by atoms with Gasteiger partial charge >= 0.3 is 23.9 Å². The van der Waals surface area contributed by atoms with Gasteiger partial charge in [-0.25, -0.2) is 4.79 Å². The zero-order valence-electron chi connectivity index (χ0n) is 17.6. The summed E-state index contributed by atoms with van der Waals surface area (Å²) in [5.74, 6) is -1.88. The summed E-state index contributed by atoms with van der Waals surface area (Å²) in [6.45, 7) is 7.85. The second kappa shape index (κ2) is 11.6. The number of esters is 3. The van der Waals surface area contributed by atoms with Crippen LogP contribution in [0.4, 0.5) is 4.79 Å². The van der Waals surface area contributed by atoms with E-state index in [1.54, 1.807) is 0 Å². The number of nitrogens with one attached hydrogen (secondary N) is 1. The molecule has 0 aromatic heterocycles. The molecule has 1 N–H and O–H groups in total. The number of rotatable bonds is 8. The second-order valence-corrected chi connectivity index (χ2v) is 6.38. The van der Waals surface area contributed by atoms with Crippen molar-refractivity contribution >= 4 is 23.9 Å². The van der Waals surface area contributed by atoms with Gasteiger partial charge in [0.05, 0.1) is 0 Å². The van der Waals surface area contributed by atoms with E-state index in [0.29, 0.717) is 13.1 Å². The minimum atomic E-state index is -1.14. The van der Waals surface area contributed by atoms with E-state index >= 15 is 0 Å². The molecule has 0 bridgehead atoms. The van der Waals surface area contributed by atoms with E-state index in [0.717, 1.165) is 0 Å². The monoisotopic (exact) mass is 418 g/mol. The van der Waals surface area contributed by atoms with Gasteiger partial charge in [0, 0.05) is 41.0 Å². The molecule has 2 amide bonds. The van der Waals surface area contributed by atoms with Gasteiger partial charge < -0.3 is 33.9 Å². The number of methoxy groups -OCH3 is 1. The van der Waals surface area contributed by atoms with Gasteiger partial charge in [0.15, 0.2) is 18.5 Å². The minimum absolute atomic E-state index is 0.262. The van der Waals surface area contributed by atoms with E-state index in [-0.39, 0.29) is 6.61 Å². The maximum atomic E-state index is 12.6. The van der Waals surface area contributed by atoms with Crippen LogP contribution in [0.1, 0.15) is 34.6 Å². The molecule has 0 aliphatic carbocycles. The summed E-state index contributed by atoms with van der Waals surface area (Å²) in [4.78, 5) is 48.7. The Balaban J connectivity index is 3.24. The van der Waals surface area contributed by atoms with Crippen molar-refractivity contribution in [2.45, 2.75) is 65.3 Å². The first kappa shape index (κ1) is 24.6. The van der Waals surface area contributed by atoms with Crippen molar-refractivity contribution in [2.75, 3.05) is 26.8 Å². The van der Waals surface area contributed by atoms with Crippen LogP contribution in [-0.4, -0.2) is 86.3 Å². The fourth-order valence-electron chi connectivity index (χ4n) is 3.00. The Morgan fingerprint density at radius 1 is 0.931 bits per heavy atom. The topological polar surface area (TPSA) is 130 Å². The number of carbonyl (C=O) groups is 4. The predicted octanol–water partition coefficient (Wildman–Crippen LogP) is 0.204. The highest BCUT2D eigenvalue weighted by Crippen LogP contribution is 2.27. The Kier molecular flexibility index (Phi) is 9.83. The van der Waals surface area contributed by atoms with Gasteiger partial charge in [-0.15, -0.1) is 0 Å². The molecule has 29 heavy (non-hydrogen) atoms. The van der Waals surface area contributed by atoms with Crippen LogP contribution in [-0.2, 0) is 38.1 Å². The van der Waals surface area contributed by atoms with Crippen LogP contribution in [0.15, 0.2) is 0 Å². The van der Waals surface area contributed by atoms with Gasteiger partial charge in [-0.05, 0) is 13.8 Å². The molecule has 0 aromatic rings. The molecule has 1 rings (SSSR count). The molecule has 0 saturated carbocycles. The van der Waals surface area contributed by atoms with Gasteiger partial charge in [-0.2, -0.15) is 0 Å². The molecule has 1 aliphatic rings. The lowest BCUT2D eigenvalue weighted by molar-refractivity contribution is -0.270. The quantitative estimate of drug-likeness (QED) is 0.434. The Bertz CT molecular complexity index is 594. The number of amides is 2. The van der Waals surface area contributed by atoms with E-state index in [1.807, 2.05) is 13.8 Å². The van der Waals surface area contributed by atoms with Crippen molar-refractivity contribution in [3.63, 3.8) is 0 Å². The van der Waals surface area contributed by atoms with E-state index in [2.05, 4.69) is 5.32 Å². The van der Waals surface area contributed by atoms with Gasteiger partial charge in [-0.1, -0.05) is 0 Å². The van der Waals surface area contributed by atoms with Crippen molar-refractivity contribution in [1.29, 1.82) is 0 Å². The molecule has 1 saturated heterocycles. The zero-order valence-corrected chi connectivity index (χ0v) is 17.6. The smallest absolute Gasteiger partial charge is 0.317 e. The standard InChI is InChI=1S/C18H30N2O9/c1-7-20(8-2)18(24)19-14-16(28-12(5)23)15(27-11(4)22)13(9-26-10(3)21)29-17(14)25-6/h13-17H,7-9H2,1-6H3,(H,19,24)/t13-,14-,15-,16-,17-/m1/s1. The number of ether oxygens (including phenoxy) is 5. The zero-order chi connectivity index (χ0) is 22.1. The lowest BCUT2D eigenvalue weighted by atomic mass is 9.96. The highest BCUT2D eigenvalue weighted by molar-refractivity contribution is 5.75. The summed E-state index contributed by atoms with van der Waals surface area (Å²) < 4.78 is 26.8. The summed E-state index contributed by atoms with van der Waals surface area (Å²) in [5, 5.41) is 2.73.